The first-order valence-electron chi connectivity index (χ1n) is 5.58. The third-order valence-corrected chi connectivity index (χ3v) is 3.61. The average Bonchev–Trinajstić information content (AvgIpc) is 2.45. The van der Waals surface area contributed by atoms with Crippen LogP contribution in [0.1, 0.15) is 16.8 Å². The van der Waals surface area contributed by atoms with Crippen LogP contribution in [0, 0.1) is 3.57 Å². The highest BCUT2D eigenvalue weighted by Crippen LogP contribution is 2.23. The number of anilines is 1. The van der Waals surface area contributed by atoms with Gasteiger partial charge in [-0.15, -0.1) is 0 Å². The number of aliphatic carboxylic acids is 1. The molecular formula is C12H11IN2O3S. The maximum absolute atomic E-state index is 12.4. The lowest BCUT2D eigenvalue weighted by Crippen LogP contribution is -2.36. The minimum atomic E-state index is -0.932. The summed E-state index contributed by atoms with van der Waals surface area (Å²) in [6.07, 6.45) is -0.0897. The zero-order valence-electron chi connectivity index (χ0n) is 9.85. The van der Waals surface area contributed by atoms with Crippen molar-refractivity contribution in [1.82, 2.24) is 4.90 Å². The summed E-state index contributed by atoms with van der Waals surface area (Å²) >= 11 is 7.28. The highest BCUT2D eigenvalue weighted by atomic mass is 127. The van der Waals surface area contributed by atoms with Gasteiger partial charge in [-0.25, -0.2) is 0 Å². The Morgan fingerprint density at radius 2 is 2.26 bits per heavy atom. The Hall–Kier alpha value is -1.22. The summed E-state index contributed by atoms with van der Waals surface area (Å²) in [5.41, 5.74) is 1.20. The fourth-order valence-corrected chi connectivity index (χ4v) is 2.58. The van der Waals surface area contributed by atoms with E-state index in [-0.39, 0.29) is 25.4 Å². The van der Waals surface area contributed by atoms with Crippen LogP contribution in [0.15, 0.2) is 18.2 Å². The Morgan fingerprint density at radius 3 is 2.95 bits per heavy atom. The molecule has 1 aliphatic heterocycles. The molecule has 1 aromatic rings. The van der Waals surface area contributed by atoms with Crippen molar-refractivity contribution in [2.24, 2.45) is 0 Å². The van der Waals surface area contributed by atoms with Gasteiger partial charge in [-0.05, 0) is 40.8 Å². The molecule has 0 aliphatic carbocycles. The van der Waals surface area contributed by atoms with Gasteiger partial charge in [0, 0.05) is 10.1 Å². The van der Waals surface area contributed by atoms with Gasteiger partial charge >= 0.3 is 5.97 Å². The second kappa shape index (κ2) is 5.83. The highest BCUT2D eigenvalue weighted by Gasteiger charge is 2.24. The Labute approximate surface area is 129 Å². The highest BCUT2D eigenvalue weighted by molar-refractivity contribution is 14.1. The minimum Gasteiger partial charge on any atom is -0.481 e. The molecule has 0 atom stereocenters. The number of halogens is 1. The smallest absolute Gasteiger partial charge is 0.305 e. The molecule has 2 N–H and O–H groups in total. The van der Waals surface area contributed by atoms with Crippen LogP contribution in [-0.4, -0.2) is 40.0 Å². The van der Waals surface area contributed by atoms with E-state index in [9.17, 15) is 9.59 Å². The van der Waals surface area contributed by atoms with E-state index in [1.54, 1.807) is 6.07 Å². The molecule has 1 amide bonds. The van der Waals surface area contributed by atoms with Gasteiger partial charge in [-0.3, -0.25) is 9.59 Å². The van der Waals surface area contributed by atoms with Crippen molar-refractivity contribution in [2.45, 2.75) is 6.42 Å². The van der Waals surface area contributed by atoms with Crippen LogP contribution >= 0.6 is 34.8 Å². The molecule has 0 fully saturated rings. The van der Waals surface area contributed by atoms with Gasteiger partial charge in [0.2, 0.25) is 0 Å². The number of hydrogen-bond donors (Lipinski definition) is 2. The molecule has 0 radical (unpaired) electrons. The van der Waals surface area contributed by atoms with Gasteiger partial charge in [0.25, 0.3) is 5.91 Å². The normalized spacial score (nSPS) is 14.7. The molecule has 100 valence electrons. The zero-order valence-corrected chi connectivity index (χ0v) is 12.8. The molecule has 0 saturated heterocycles. The minimum absolute atomic E-state index is 0.0897. The molecule has 5 nitrogen and oxygen atoms in total. The third-order valence-electron chi connectivity index (χ3n) is 2.70. The van der Waals surface area contributed by atoms with Crippen LogP contribution in [0.2, 0.25) is 0 Å². The van der Waals surface area contributed by atoms with Gasteiger partial charge in [0.15, 0.2) is 0 Å². The molecule has 1 heterocycles. The SMILES string of the molecule is O=C(O)CCN1CC(=S)Nc2ccc(I)cc2C1=O. The van der Waals surface area contributed by atoms with Gasteiger partial charge in [-0.1, -0.05) is 12.2 Å². The Morgan fingerprint density at radius 1 is 1.53 bits per heavy atom. The van der Waals surface area contributed by atoms with E-state index in [0.29, 0.717) is 16.2 Å². The number of thiocarbonyl (C=S) groups is 1. The van der Waals surface area contributed by atoms with E-state index >= 15 is 0 Å². The molecule has 19 heavy (non-hydrogen) atoms. The monoisotopic (exact) mass is 390 g/mol. The zero-order chi connectivity index (χ0) is 14.0. The molecule has 2 rings (SSSR count). The van der Waals surface area contributed by atoms with Crippen LogP contribution < -0.4 is 5.32 Å². The number of carbonyl (C=O) groups is 2. The Kier molecular flexibility index (Phi) is 4.35. The van der Waals surface area contributed by atoms with E-state index < -0.39 is 5.97 Å². The first-order chi connectivity index (χ1) is 8.97. The maximum Gasteiger partial charge on any atom is 0.305 e. The summed E-state index contributed by atoms with van der Waals surface area (Å²) < 4.78 is 0.942. The number of amides is 1. The quantitative estimate of drug-likeness (QED) is 0.610. The number of fused-ring (bicyclic) bond motifs is 1. The number of carboxylic acids is 1. The summed E-state index contributed by atoms with van der Waals surface area (Å²) in [4.78, 5) is 25.0. The molecule has 0 saturated carbocycles. The number of benzene rings is 1. The number of hydrogen-bond acceptors (Lipinski definition) is 3. The van der Waals surface area contributed by atoms with Crippen molar-refractivity contribution in [3.63, 3.8) is 0 Å². The molecule has 1 aromatic carbocycles. The predicted molar refractivity (Wildman–Crippen MR) is 83.5 cm³/mol. The van der Waals surface area contributed by atoms with Crippen LogP contribution in [0.3, 0.4) is 0 Å². The fourth-order valence-electron chi connectivity index (χ4n) is 1.82. The number of rotatable bonds is 3. The standard InChI is InChI=1S/C12H11IN2O3S/c13-7-1-2-9-8(5-7)12(18)15(4-3-11(16)17)6-10(19)14-9/h1-2,5H,3-4,6H2,(H,14,19)(H,16,17). The first-order valence-corrected chi connectivity index (χ1v) is 7.06. The lowest BCUT2D eigenvalue weighted by molar-refractivity contribution is -0.137. The maximum atomic E-state index is 12.4. The van der Waals surface area contributed by atoms with Gasteiger partial charge in [0.1, 0.15) is 0 Å². The van der Waals surface area contributed by atoms with Crippen LogP contribution in [0.5, 0.6) is 0 Å². The van der Waals surface area contributed by atoms with Crippen molar-refractivity contribution in [1.29, 1.82) is 0 Å². The van der Waals surface area contributed by atoms with E-state index in [4.69, 9.17) is 17.3 Å². The van der Waals surface area contributed by atoms with Gasteiger partial charge in [0.05, 0.1) is 29.2 Å². The van der Waals surface area contributed by atoms with E-state index in [1.807, 2.05) is 12.1 Å². The number of nitrogens with zero attached hydrogens (tertiary/aromatic N) is 1. The second-order valence-corrected chi connectivity index (χ2v) is 5.85. The predicted octanol–water partition coefficient (Wildman–Crippen LogP) is 1.96. The van der Waals surface area contributed by atoms with Gasteiger partial charge < -0.3 is 15.3 Å². The number of carboxylic acid groups (broad SMARTS) is 1. The average molecular weight is 390 g/mol. The summed E-state index contributed by atoms with van der Waals surface area (Å²) in [5.74, 6) is -1.12. The van der Waals surface area contributed by atoms with Gasteiger partial charge in [-0.2, -0.15) is 0 Å². The topological polar surface area (TPSA) is 69.6 Å². The lowest BCUT2D eigenvalue weighted by atomic mass is 10.1. The van der Waals surface area contributed by atoms with Crippen molar-refractivity contribution in [3.05, 3.63) is 27.3 Å². The number of carbonyl (C=O) groups excluding carboxylic acids is 1. The Balaban J connectivity index is 2.31. The van der Waals surface area contributed by atoms with E-state index in [1.165, 1.54) is 4.90 Å². The molecule has 7 heteroatoms. The molecule has 0 spiro atoms. The Bertz CT molecular complexity index is 562. The van der Waals surface area contributed by atoms with Crippen LogP contribution in [0.25, 0.3) is 0 Å². The van der Waals surface area contributed by atoms with Crippen LogP contribution in [-0.2, 0) is 4.79 Å². The molecule has 0 unspecified atom stereocenters. The largest absolute Gasteiger partial charge is 0.481 e. The van der Waals surface area contributed by atoms with E-state index in [0.717, 1.165) is 3.57 Å². The summed E-state index contributed by atoms with van der Waals surface area (Å²) in [5, 5.41) is 11.7. The van der Waals surface area contributed by atoms with Crippen molar-refractivity contribution in [2.75, 3.05) is 18.4 Å². The van der Waals surface area contributed by atoms with E-state index in [2.05, 4.69) is 27.9 Å². The second-order valence-electron chi connectivity index (χ2n) is 4.11. The molecular weight excluding hydrogens is 379 g/mol. The first kappa shape index (κ1) is 14.2. The summed E-state index contributed by atoms with van der Waals surface area (Å²) in [7, 11) is 0. The molecule has 0 bridgehead atoms. The van der Waals surface area contributed by atoms with Crippen LogP contribution in [0.4, 0.5) is 5.69 Å². The lowest BCUT2D eigenvalue weighted by Gasteiger charge is -2.19. The summed E-state index contributed by atoms with van der Waals surface area (Å²) in [6, 6.07) is 5.46. The fraction of sp³-hybridized carbons (Fsp3) is 0.250. The molecule has 0 aromatic heterocycles. The summed E-state index contributed by atoms with van der Waals surface area (Å²) in [6.45, 7) is 0.396. The molecule has 1 aliphatic rings. The van der Waals surface area contributed by atoms with Crippen molar-refractivity contribution >= 4 is 57.4 Å². The third kappa shape index (κ3) is 3.41. The van der Waals surface area contributed by atoms with Crippen molar-refractivity contribution < 1.29 is 14.7 Å². The van der Waals surface area contributed by atoms with Crippen molar-refractivity contribution in [3.8, 4) is 0 Å². The number of nitrogens with one attached hydrogen (secondary N) is 1.